The van der Waals surface area contributed by atoms with E-state index in [1.54, 1.807) is 32.4 Å². The zero-order valence-electron chi connectivity index (χ0n) is 17.0. The second kappa shape index (κ2) is 7.24. The Hall–Kier alpha value is -3.77. The zero-order chi connectivity index (χ0) is 21.5. The third-order valence-electron chi connectivity index (χ3n) is 6.06. The van der Waals surface area contributed by atoms with Gasteiger partial charge in [0.05, 0.1) is 38.4 Å². The lowest BCUT2D eigenvalue weighted by Crippen LogP contribution is -2.43. The van der Waals surface area contributed by atoms with Crippen molar-refractivity contribution in [3.05, 3.63) is 59.7 Å². The molecule has 30 heavy (non-hydrogen) atoms. The normalized spacial score (nSPS) is 23.0. The number of hydrogen-bond donors (Lipinski definition) is 0. The van der Waals surface area contributed by atoms with E-state index in [0.29, 0.717) is 17.1 Å². The molecule has 0 unspecified atom stereocenters. The van der Waals surface area contributed by atoms with Gasteiger partial charge in [-0.25, -0.2) is 0 Å². The minimum Gasteiger partial charge on any atom is -0.497 e. The average Bonchev–Trinajstić information content (AvgIpc) is 3.10. The molecule has 0 radical (unpaired) electrons. The molecule has 2 aliphatic rings. The van der Waals surface area contributed by atoms with Crippen LogP contribution in [0.3, 0.4) is 0 Å². The molecule has 6 nitrogen and oxygen atoms in total. The lowest BCUT2D eigenvalue weighted by atomic mass is 9.69. The van der Waals surface area contributed by atoms with Crippen molar-refractivity contribution in [3.8, 4) is 23.6 Å². The first-order chi connectivity index (χ1) is 14.5. The van der Waals surface area contributed by atoms with Crippen LogP contribution in [0.15, 0.2) is 48.5 Å². The van der Waals surface area contributed by atoms with Crippen LogP contribution in [0, 0.1) is 28.1 Å². The third kappa shape index (κ3) is 2.65. The maximum Gasteiger partial charge on any atom is 0.176 e. The van der Waals surface area contributed by atoms with Gasteiger partial charge in [-0.3, -0.25) is 4.79 Å². The summed E-state index contributed by atoms with van der Waals surface area (Å²) in [6, 6.07) is 16.3. The summed E-state index contributed by atoms with van der Waals surface area (Å²) < 4.78 is 10.8. The summed E-state index contributed by atoms with van der Waals surface area (Å²) in [5.74, 6) is 0.286. The van der Waals surface area contributed by atoms with Crippen LogP contribution in [0.25, 0.3) is 6.08 Å². The van der Waals surface area contributed by atoms with E-state index in [1.807, 2.05) is 41.3 Å². The Kier molecular flexibility index (Phi) is 4.72. The maximum atomic E-state index is 13.0. The number of benzene rings is 2. The van der Waals surface area contributed by atoms with Crippen LogP contribution in [0.2, 0.25) is 0 Å². The molecule has 1 fully saturated rings. The van der Waals surface area contributed by atoms with Crippen LogP contribution in [0.5, 0.6) is 11.5 Å². The Morgan fingerprint density at radius 1 is 1.07 bits per heavy atom. The first-order valence-corrected chi connectivity index (χ1v) is 9.62. The molecule has 3 atom stereocenters. The summed E-state index contributed by atoms with van der Waals surface area (Å²) in [4.78, 5) is 14.9. The third-order valence-corrected chi connectivity index (χ3v) is 6.06. The van der Waals surface area contributed by atoms with Crippen LogP contribution < -0.4 is 14.4 Å². The molecule has 0 N–H and O–H groups in total. The van der Waals surface area contributed by atoms with E-state index < -0.39 is 23.4 Å². The molecule has 150 valence electrons. The van der Waals surface area contributed by atoms with Crippen LogP contribution in [-0.2, 0) is 4.79 Å². The minimum atomic E-state index is -1.46. The smallest absolute Gasteiger partial charge is 0.176 e. The van der Waals surface area contributed by atoms with Crippen molar-refractivity contribution >= 4 is 17.5 Å². The molecular formula is C24H21N3O3. The van der Waals surface area contributed by atoms with E-state index in [2.05, 4.69) is 12.1 Å². The highest BCUT2D eigenvalue weighted by atomic mass is 16.5. The molecule has 2 aromatic carbocycles. The number of fused-ring (bicyclic) bond motifs is 3. The fraction of sp³-hybridized carbons (Fsp3) is 0.292. The molecule has 2 aromatic rings. The van der Waals surface area contributed by atoms with Gasteiger partial charge < -0.3 is 14.4 Å². The van der Waals surface area contributed by atoms with Crippen molar-refractivity contribution in [3.63, 3.8) is 0 Å². The molecule has 0 aliphatic carbocycles. The lowest BCUT2D eigenvalue weighted by molar-refractivity contribution is -0.118. The number of carbonyl (C=O) groups is 1. The van der Waals surface area contributed by atoms with Crippen molar-refractivity contribution in [2.45, 2.75) is 24.9 Å². The lowest BCUT2D eigenvalue weighted by Gasteiger charge is -2.35. The Morgan fingerprint density at radius 3 is 2.27 bits per heavy atom. The van der Waals surface area contributed by atoms with Crippen molar-refractivity contribution in [1.29, 1.82) is 10.5 Å². The number of para-hydroxylation sites is 1. The monoisotopic (exact) mass is 399 g/mol. The van der Waals surface area contributed by atoms with E-state index in [1.165, 1.54) is 6.92 Å². The fourth-order valence-corrected chi connectivity index (χ4v) is 4.77. The Bertz CT molecular complexity index is 1090. The molecule has 0 bridgehead atoms. The molecule has 0 aromatic heterocycles. The minimum absolute atomic E-state index is 0.107. The van der Waals surface area contributed by atoms with Crippen molar-refractivity contribution in [1.82, 2.24) is 0 Å². The molecular weight excluding hydrogens is 378 g/mol. The van der Waals surface area contributed by atoms with Crippen molar-refractivity contribution in [2.75, 3.05) is 19.1 Å². The number of anilines is 1. The van der Waals surface area contributed by atoms with Crippen LogP contribution >= 0.6 is 0 Å². The molecule has 0 saturated carbocycles. The summed E-state index contributed by atoms with van der Waals surface area (Å²) >= 11 is 0. The van der Waals surface area contributed by atoms with E-state index in [0.717, 1.165) is 11.3 Å². The van der Waals surface area contributed by atoms with Gasteiger partial charge in [0.2, 0.25) is 0 Å². The topological polar surface area (TPSA) is 86.3 Å². The van der Waals surface area contributed by atoms with Gasteiger partial charge in [0.1, 0.15) is 11.5 Å². The summed E-state index contributed by atoms with van der Waals surface area (Å²) in [7, 11) is 3.08. The number of methoxy groups -OCH3 is 2. The van der Waals surface area contributed by atoms with Gasteiger partial charge in [-0.05, 0) is 36.2 Å². The average molecular weight is 399 g/mol. The van der Waals surface area contributed by atoms with E-state index in [9.17, 15) is 15.3 Å². The zero-order valence-corrected chi connectivity index (χ0v) is 17.0. The van der Waals surface area contributed by atoms with Gasteiger partial charge >= 0.3 is 0 Å². The number of hydrogen-bond acceptors (Lipinski definition) is 6. The van der Waals surface area contributed by atoms with Gasteiger partial charge in [-0.1, -0.05) is 30.4 Å². The first-order valence-electron chi connectivity index (χ1n) is 9.62. The molecule has 2 aliphatic heterocycles. The molecule has 4 rings (SSSR count). The Morgan fingerprint density at radius 2 is 1.70 bits per heavy atom. The number of carbonyl (C=O) groups excluding carboxylic acids is 1. The molecule has 0 spiro atoms. The highest BCUT2D eigenvalue weighted by molar-refractivity contribution is 5.91. The van der Waals surface area contributed by atoms with Crippen molar-refractivity contribution in [2.24, 2.45) is 5.41 Å². The predicted octanol–water partition coefficient (Wildman–Crippen LogP) is 3.69. The highest BCUT2D eigenvalue weighted by Gasteiger charge is 2.62. The SMILES string of the molecule is COc1cc(OC)cc([C@H]2[C@H](C(C)=O)N3c4ccccc4C=C[C@H]3C2(C#N)C#N)c1. The number of nitriles is 2. The quantitative estimate of drug-likeness (QED) is 0.779. The molecule has 2 heterocycles. The second-order valence-corrected chi connectivity index (χ2v) is 7.54. The first kappa shape index (κ1) is 19.5. The Labute approximate surface area is 175 Å². The second-order valence-electron chi connectivity index (χ2n) is 7.54. The predicted molar refractivity (Wildman–Crippen MR) is 112 cm³/mol. The van der Waals surface area contributed by atoms with Crippen LogP contribution in [-0.4, -0.2) is 32.1 Å². The van der Waals surface area contributed by atoms with Crippen molar-refractivity contribution < 1.29 is 14.3 Å². The summed E-state index contributed by atoms with van der Waals surface area (Å²) in [6.07, 6.45) is 3.79. The standard InChI is InChI=1S/C24H21N3O3/c1-15(28)23-22(17-10-18(29-2)12-19(11-17)30-3)24(13-25,14-26)21-9-8-16-6-4-5-7-20(16)27(21)23/h4-12,21-23H,1-3H3/t21-,22-,23-/m0/s1. The number of nitrogens with zero attached hydrogens (tertiary/aromatic N) is 3. The van der Waals surface area contributed by atoms with E-state index in [4.69, 9.17) is 9.47 Å². The number of ketones is 1. The van der Waals surface area contributed by atoms with Crippen LogP contribution in [0.4, 0.5) is 5.69 Å². The number of ether oxygens (including phenoxy) is 2. The van der Waals surface area contributed by atoms with Gasteiger partial charge in [-0.15, -0.1) is 0 Å². The summed E-state index contributed by atoms with van der Waals surface area (Å²) in [5, 5.41) is 20.6. The van der Waals surface area contributed by atoms with Gasteiger partial charge in [0, 0.05) is 17.7 Å². The van der Waals surface area contributed by atoms with Crippen LogP contribution in [0.1, 0.15) is 24.0 Å². The molecule has 1 saturated heterocycles. The molecule has 0 amide bonds. The van der Waals surface area contributed by atoms with Gasteiger partial charge in [-0.2, -0.15) is 10.5 Å². The van der Waals surface area contributed by atoms with Gasteiger partial charge in [0.15, 0.2) is 11.2 Å². The van der Waals surface area contributed by atoms with Gasteiger partial charge in [0.25, 0.3) is 0 Å². The van der Waals surface area contributed by atoms with E-state index in [-0.39, 0.29) is 5.78 Å². The molecule has 6 heteroatoms. The number of rotatable bonds is 4. The Balaban J connectivity index is 2.00. The highest BCUT2D eigenvalue weighted by Crippen LogP contribution is 2.55. The van der Waals surface area contributed by atoms with E-state index >= 15 is 0 Å². The maximum absolute atomic E-state index is 13.0. The largest absolute Gasteiger partial charge is 0.497 e. The summed E-state index contributed by atoms with van der Waals surface area (Å²) in [5.41, 5.74) is 0.999. The fourth-order valence-electron chi connectivity index (χ4n) is 4.77. The number of Topliss-reactive ketones (excluding diaryl/α,β-unsaturated/α-hetero) is 1. The summed E-state index contributed by atoms with van der Waals surface area (Å²) in [6.45, 7) is 1.51.